The van der Waals surface area contributed by atoms with Gasteiger partial charge in [0, 0.05) is 35.3 Å². The molecule has 7 nitrogen and oxygen atoms in total. The Kier molecular flexibility index (Phi) is 6.94. The quantitative estimate of drug-likeness (QED) is 0.670. The van der Waals surface area contributed by atoms with E-state index in [0.717, 1.165) is 24.2 Å². The number of pyridine rings is 1. The summed E-state index contributed by atoms with van der Waals surface area (Å²) in [4.78, 5) is 32.0. The van der Waals surface area contributed by atoms with Crippen molar-refractivity contribution in [1.29, 1.82) is 0 Å². The Morgan fingerprint density at radius 3 is 2.47 bits per heavy atom. The lowest BCUT2D eigenvalue weighted by Crippen LogP contribution is -2.68. The lowest BCUT2D eigenvalue weighted by atomic mass is 9.61. The predicted molar refractivity (Wildman–Crippen MR) is 141 cm³/mol. The first-order valence-electron chi connectivity index (χ1n) is 12.4. The van der Waals surface area contributed by atoms with Crippen LogP contribution in [-0.4, -0.2) is 53.2 Å². The minimum Gasteiger partial charge on any atom is -0.494 e. The molecular formula is C29H35N3O4. The topological polar surface area (TPSA) is 80.8 Å². The molecule has 0 bridgehead atoms. The molecule has 2 amide bonds. The summed E-state index contributed by atoms with van der Waals surface area (Å²) in [6.07, 6.45) is 4.78. The van der Waals surface area contributed by atoms with E-state index in [9.17, 15) is 9.59 Å². The molecular weight excluding hydrogens is 454 g/mol. The lowest BCUT2D eigenvalue weighted by molar-refractivity contribution is -0.0813. The van der Waals surface area contributed by atoms with Gasteiger partial charge >= 0.3 is 6.09 Å². The third kappa shape index (κ3) is 5.45. The number of allylic oxidation sites excluding steroid dienone is 1. The Labute approximate surface area is 212 Å². The molecule has 1 aromatic heterocycles. The van der Waals surface area contributed by atoms with Crippen LogP contribution in [0.5, 0.6) is 5.75 Å². The van der Waals surface area contributed by atoms with Gasteiger partial charge in [-0.2, -0.15) is 0 Å². The molecule has 1 aliphatic carbocycles. The number of likely N-dealkylation sites (tertiary alicyclic amines) is 1. The van der Waals surface area contributed by atoms with Crippen molar-refractivity contribution in [2.45, 2.75) is 52.2 Å². The van der Waals surface area contributed by atoms with Crippen LogP contribution in [0.25, 0.3) is 23.9 Å². The van der Waals surface area contributed by atoms with Crippen molar-refractivity contribution in [3.8, 4) is 17.0 Å². The first-order chi connectivity index (χ1) is 17.0. The van der Waals surface area contributed by atoms with Crippen molar-refractivity contribution in [2.24, 2.45) is 5.41 Å². The van der Waals surface area contributed by atoms with Crippen molar-refractivity contribution < 1.29 is 19.1 Å². The van der Waals surface area contributed by atoms with E-state index in [1.807, 2.05) is 58.0 Å². The van der Waals surface area contributed by atoms with Gasteiger partial charge in [-0.25, -0.2) is 9.78 Å². The van der Waals surface area contributed by atoms with Crippen molar-refractivity contribution in [1.82, 2.24) is 15.2 Å². The molecule has 2 aromatic rings. The Morgan fingerprint density at radius 1 is 1.22 bits per heavy atom. The monoisotopic (exact) mass is 489 g/mol. The molecule has 0 radical (unpaired) electrons. The highest BCUT2D eigenvalue weighted by Gasteiger charge is 2.54. The molecule has 1 N–H and O–H groups in total. The lowest BCUT2D eigenvalue weighted by Gasteiger charge is -2.58. The van der Waals surface area contributed by atoms with Crippen molar-refractivity contribution in [3.63, 3.8) is 0 Å². The zero-order valence-electron chi connectivity index (χ0n) is 21.6. The van der Waals surface area contributed by atoms with Gasteiger partial charge in [-0.1, -0.05) is 25.3 Å². The van der Waals surface area contributed by atoms with Gasteiger partial charge in [-0.15, -0.1) is 0 Å². The molecule has 4 rings (SSSR count). The number of hydrogen-bond donors (Lipinski definition) is 1. The second-order valence-electron chi connectivity index (χ2n) is 10.7. The summed E-state index contributed by atoms with van der Waals surface area (Å²) in [5, 5.41) is 4.49. The maximum Gasteiger partial charge on any atom is 0.410 e. The van der Waals surface area contributed by atoms with Crippen LogP contribution in [0.15, 0.2) is 43.0 Å². The zero-order valence-corrected chi connectivity index (χ0v) is 21.6. The fraction of sp³-hybridized carbons (Fsp3) is 0.414. The van der Waals surface area contributed by atoms with Crippen molar-refractivity contribution in [2.75, 3.05) is 19.7 Å². The van der Waals surface area contributed by atoms with E-state index in [1.165, 1.54) is 0 Å². The molecule has 1 aromatic carbocycles. The number of rotatable bonds is 6. The highest BCUT2D eigenvalue weighted by atomic mass is 16.6. The molecule has 0 atom stereocenters. The molecule has 190 valence electrons. The van der Waals surface area contributed by atoms with Crippen LogP contribution < -0.4 is 20.5 Å². The maximum atomic E-state index is 13.3. The average Bonchev–Trinajstić information content (AvgIpc) is 2.75. The number of amides is 2. The normalized spacial score (nSPS) is 17.2. The Hall–Kier alpha value is -3.61. The summed E-state index contributed by atoms with van der Waals surface area (Å²) in [7, 11) is 0. The van der Waals surface area contributed by atoms with Gasteiger partial charge in [0.05, 0.1) is 12.3 Å². The molecule has 2 fully saturated rings. The van der Waals surface area contributed by atoms with Gasteiger partial charge in [0.15, 0.2) is 0 Å². The van der Waals surface area contributed by atoms with Crippen LogP contribution >= 0.6 is 0 Å². The number of nitrogens with zero attached hydrogens (tertiary/aromatic N) is 2. The van der Waals surface area contributed by atoms with E-state index in [-0.39, 0.29) is 23.5 Å². The Morgan fingerprint density at radius 2 is 1.89 bits per heavy atom. The van der Waals surface area contributed by atoms with Crippen LogP contribution in [0, 0.1) is 5.41 Å². The van der Waals surface area contributed by atoms with Crippen LogP contribution in [0.1, 0.15) is 51.0 Å². The minimum atomic E-state index is -0.504. The van der Waals surface area contributed by atoms with E-state index in [1.54, 1.807) is 17.1 Å². The Bertz CT molecular complexity index is 1260. The fourth-order valence-electron chi connectivity index (χ4n) is 4.94. The highest BCUT2D eigenvalue weighted by Crippen LogP contribution is 2.48. The number of nitrogens with one attached hydrogen (secondary N) is 1. The van der Waals surface area contributed by atoms with Gasteiger partial charge in [0.2, 0.25) is 0 Å². The molecule has 2 aliphatic rings. The Balaban J connectivity index is 1.44. The summed E-state index contributed by atoms with van der Waals surface area (Å²) in [5.41, 5.74) is 1.44. The summed E-state index contributed by atoms with van der Waals surface area (Å²) in [5.74, 6) is 0.551. The van der Waals surface area contributed by atoms with E-state index in [2.05, 4.69) is 18.5 Å². The molecule has 1 spiro atoms. The third-order valence-electron chi connectivity index (χ3n) is 6.50. The van der Waals surface area contributed by atoms with Crippen LogP contribution in [0.2, 0.25) is 0 Å². The number of benzene rings is 1. The molecule has 1 aliphatic heterocycles. The van der Waals surface area contributed by atoms with Gasteiger partial charge in [0.25, 0.3) is 5.91 Å². The van der Waals surface area contributed by atoms with Crippen LogP contribution in [0.3, 0.4) is 0 Å². The third-order valence-corrected chi connectivity index (χ3v) is 6.50. The summed E-state index contributed by atoms with van der Waals surface area (Å²) < 4.78 is 11.0. The van der Waals surface area contributed by atoms with Crippen molar-refractivity contribution >= 4 is 24.7 Å². The fourth-order valence-corrected chi connectivity index (χ4v) is 4.94. The molecule has 1 saturated carbocycles. The molecule has 2 heterocycles. The molecule has 36 heavy (non-hydrogen) atoms. The maximum absolute atomic E-state index is 13.3. The number of hydrogen-bond acceptors (Lipinski definition) is 5. The molecule has 7 heteroatoms. The average molecular weight is 490 g/mol. The number of carbonyl (C=O) groups is 2. The minimum absolute atomic E-state index is 0.0408. The van der Waals surface area contributed by atoms with E-state index in [0.29, 0.717) is 41.5 Å². The highest BCUT2D eigenvalue weighted by molar-refractivity contribution is 5.93. The standard InChI is InChI=1S/C29H35N3O4/c1-7-9-23-19(3)14-24(20-10-12-22(13-11-20)35-8-2)31-25(23)26(33)30-21-15-29(16-21)17-32(18-29)27(34)36-28(4,5)6/h7,9-14,21H,1,3,8,15-18H2,2,4-6H3,(H,30,33)/b23-9+. The first kappa shape index (κ1) is 25.5. The van der Waals surface area contributed by atoms with Gasteiger partial charge in [0.1, 0.15) is 17.0 Å². The van der Waals surface area contributed by atoms with Gasteiger partial charge < -0.3 is 19.7 Å². The second kappa shape index (κ2) is 9.80. The van der Waals surface area contributed by atoms with Crippen LogP contribution in [0.4, 0.5) is 4.79 Å². The summed E-state index contributed by atoms with van der Waals surface area (Å²) in [6, 6.07) is 9.54. The van der Waals surface area contributed by atoms with Crippen LogP contribution in [-0.2, 0) is 4.74 Å². The number of aromatic nitrogens is 1. The SMILES string of the molecule is C=C/C=c1/c(C(=O)NC2CC3(C2)CN(C(=O)OC(C)(C)C)C3)nc(-c2ccc(OCC)cc2)cc1=C. The predicted octanol–water partition coefficient (Wildman–Crippen LogP) is 3.65. The second-order valence-corrected chi connectivity index (χ2v) is 10.7. The number of ether oxygens (including phenoxy) is 2. The summed E-state index contributed by atoms with van der Waals surface area (Å²) in [6.45, 7) is 17.4. The smallest absolute Gasteiger partial charge is 0.410 e. The molecule has 0 unspecified atom stereocenters. The van der Waals surface area contributed by atoms with Gasteiger partial charge in [-0.3, -0.25) is 4.79 Å². The van der Waals surface area contributed by atoms with Crippen molar-refractivity contribution in [3.05, 3.63) is 59.1 Å². The zero-order chi connectivity index (χ0) is 26.1. The van der Waals surface area contributed by atoms with E-state index >= 15 is 0 Å². The van der Waals surface area contributed by atoms with Gasteiger partial charge in [-0.05, 0) is 76.1 Å². The molecule has 1 saturated heterocycles. The first-order valence-corrected chi connectivity index (χ1v) is 12.4. The van der Waals surface area contributed by atoms with E-state index < -0.39 is 5.60 Å². The van der Waals surface area contributed by atoms with E-state index in [4.69, 9.17) is 14.5 Å². The summed E-state index contributed by atoms with van der Waals surface area (Å²) >= 11 is 0. The largest absolute Gasteiger partial charge is 0.494 e. The number of carbonyl (C=O) groups excluding carboxylic acids is 2.